The van der Waals surface area contributed by atoms with E-state index in [0.29, 0.717) is 25.4 Å². The van der Waals surface area contributed by atoms with Crippen molar-refractivity contribution < 1.29 is 19.4 Å². The Kier molecular flexibility index (Phi) is 7.00. The van der Waals surface area contributed by atoms with Crippen LogP contribution >= 0.6 is 0 Å². The van der Waals surface area contributed by atoms with Crippen LogP contribution in [0.1, 0.15) is 15.9 Å². The van der Waals surface area contributed by atoms with Crippen LogP contribution in [-0.4, -0.2) is 56.5 Å². The quantitative estimate of drug-likeness (QED) is 0.659. The number of carboxylic acid groups (broad SMARTS) is 1. The van der Waals surface area contributed by atoms with E-state index in [9.17, 15) is 4.79 Å². The minimum Gasteiger partial charge on any atom is -0.478 e. The van der Waals surface area contributed by atoms with Gasteiger partial charge >= 0.3 is 5.97 Å². The number of nitrogen functional groups attached to an aromatic ring is 1. The smallest absolute Gasteiger partial charge is 0.335 e. The van der Waals surface area contributed by atoms with E-state index in [0.717, 1.165) is 18.7 Å². The van der Waals surface area contributed by atoms with Gasteiger partial charge in [0.2, 0.25) is 0 Å². The van der Waals surface area contributed by atoms with Gasteiger partial charge in [-0.1, -0.05) is 6.07 Å². The van der Waals surface area contributed by atoms with Gasteiger partial charge in [-0.05, 0) is 17.7 Å². The van der Waals surface area contributed by atoms with E-state index in [1.807, 2.05) is 0 Å². The van der Waals surface area contributed by atoms with E-state index in [2.05, 4.69) is 4.90 Å². The lowest BCUT2D eigenvalue weighted by molar-refractivity contribution is 0.0697. The molecule has 0 saturated heterocycles. The largest absolute Gasteiger partial charge is 0.478 e. The Morgan fingerprint density at radius 3 is 2.30 bits per heavy atom. The Bertz CT molecular complexity index is 429. The van der Waals surface area contributed by atoms with Crippen LogP contribution in [0.4, 0.5) is 5.69 Å². The summed E-state index contributed by atoms with van der Waals surface area (Å²) >= 11 is 0. The van der Waals surface area contributed by atoms with Crippen LogP contribution < -0.4 is 5.73 Å². The molecular weight excluding hydrogens is 260 g/mol. The number of benzene rings is 1. The molecule has 0 amide bonds. The van der Waals surface area contributed by atoms with Crippen molar-refractivity contribution in [2.24, 2.45) is 0 Å². The van der Waals surface area contributed by atoms with Crippen LogP contribution in [0.2, 0.25) is 0 Å². The third-order valence-electron chi connectivity index (χ3n) is 3.01. The molecule has 3 N–H and O–H groups in total. The average molecular weight is 282 g/mol. The van der Waals surface area contributed by atoms with Gasteiger partial charge in [0, 0.05) is 39.5 Å². The van der Waals surface area contributed by atoms with Crippen LogP contribution in [0.25, 0.3) is 0 Å². The number of carbonyl (C=O) groups is 1. The first kappa shape index (κ1) is 16.4. The summed E-state index contributed by atoms with van der Waals surface area (Å²) in [5.74, 6) is -0.973. The fourth-order valence-electron chi connectivity index (χ4n) is 1.82. The fraction of sp³-hybridized carbons (Fsp3) is 0.500. The average Bonchev–Trinajstić information content (AvgIpc) is 2.43. The minimum absolute atomic E-state index is 0.201. The maximum Gasteiger partial charge on any atom is 0.335 e. The first-order valence-corrected chi connectivity index (χ1v) is 6.40. The van der Waals surface area contributed by atoms with Gasteiger partial charge in [0.05, 0.1) is 18.8 Å². The molecular formula is C14H22N2O4. The summed E-state index contributed by atoms with van der Waals surface area (Å²) in [7, 11) is 3.31. The van der Waals surface area contributed by atoms with Crippen LogP contribution in [0.5, 0.6) is 0 Å². The molecule has 0 aliphatic rings. The molecule has 6 heteroatoms. The third-order valence-corrected chi connectivity index (χ3v) is 3.01. The summed E-state index contributed by atoms with van der Waals surface area (Å²) in [6.45, 7) is 3.41. The first-order chi connectivity index (χ1) is 9.58. The highest BCUT2D eigenvalue weighted by Gasteiger charge is 2.10. The number of ether oxygens (including phenoxy) is 2. The third kappa shape index (κ3) is 5.16. The second kappa shape index (κ2) is 8.52. The van der Waals surface area contributed by atoms with Crippen LogP contribution in [0.3, 0.4) is 0 Å². The molecule has 20 heavy (non-hydrogen) atoms. The highest BCUT2D eigenvalue weighted by atomic mass is 16.5. The van der Waals surface area contributed by atoms with Gasteiger partial charge < -0.3 is 20.3 Å². The van der Waals surface area contributed by atoms with E-state index in [1.165, 1.54) is 6.07 Å². The SMILES string of the molecule is COCCN(CCOC)Cc1ccc(C(=O)O)cc1N. The summed E-state index contributed by atoms with van der Waals surface area (Å²) in [6, 6.07) is 4.81. The summed E-state index contributed by atoms with van der Waals surface area (Å²) < 4.78 is 10.2. The van der Waals surface area contributed by atoms with Crippen molar-refractivity contribution in [2.45, 2.75) is 6.54 Å². The standard InChI is InChI=1S/C14H22N2O4/c1-19-7-5-16(6-8-20-2)10-12-4-3-11(14(17)18)9-13(12)15/h3-4,9H,5-8,10,15H2,1-2H3,(H,17,18). The van der Waals surface area contributed by atoms with Gasteiger partial charge in [-0.3, -0.25) is 4.90 Å². The van der Waals surface area contributed by atoms with Crippen LogP contribution in [0.15, 0.2) is 18.2 Å². The molecule has 0 radical (unpaired) electrons. The van der Waals surface area contributed by atoms with Crippen molar-refractivity contribution in [3.8, 4) is 0 Å². The molecule has 0 saturated carbocycles. The first-order valence-electron chi connectivity index (χ1n) is 6.40. The molecule has 0 spiro atoms. The molecule has 0 aliphatic heterocycles. The molecule has 0 bridgehead atoms. The zero-order valence-electron chi connectivity index (χ0n) is 12.0. The molecule has 0 aromatic heterocycles. The molecule has 0 unspecified atom stereocenters. The molecule has 6 nitrogen and oxygen atoms in total. The van der Waals surface area contributed by atoms with Crippen molar-refractivity contribution in [1.82, 2.24) is 4.90 Å². The van der Waals surface area contributed by atoms with E-state index in [1.54, 1.807) is 26.4 Å². The molecule has 0 fully saturated rings. The van der Waals surface area contributed by atoms with Crippen LogP contribution in [0, 0.1) is 0 Å². The number of hydrogen-bond acceptors (Lipinski definition) is 5. The van der Waals surface area contributed by atoms with E-state index >= 15 is 0 Å². The molecule has 1 aromatic carbocycles. The van der Waals surface area contributed by atoms with Crippen molar-refractivity contribution >= 4 is 11.7 Å². The molecule has 0 aliphatic carbocycles. The molecule has 0 atom stereocenters. The summed E-state index contributed by atoms with van der Waals surface area (Å²) in [5, 5.41) is 8.92. The van der Waals surface area contributed by atoms with Crippen LogP contribution in [-0.2, 0) is 16.0 Å². The van der Waals surface area contributed by atoms with Gasteiger partial charge in [-0.25, -0.2) is 4.79 Å². The topological polar surface area (TPSA) is 85.0 Å². The minimum atomic E-state index is -0.973. The lowest BCUT2D eigenvalue weighted by Crippen LogP contribution is -2.30. The lowest BCUT2D eigenvalue weighted by atomic mass is 10.1. The highest BCUT2D eigenvalue weighted by molar-refractivity contribution is 5.88. The second-order valence-electron chi connectivity index (χ2n) is 4.48. The molecule has 1 aromatic rings. The number of nitrogens with zero attached hydrogens (tertiary/aromatic N) is 1. The number of aromatic carboxylic acids is 1. The Hall–Kier alpha value is -1.63. The van der Waals surface area contributed by atoms with Gasteiger partial charge in [-0.15, -0.1) is 0 Å². The second-order valence-corrected chi connectivity index (χ2v) is 4.48. The van der Waals surface area contributed by atoms with E-state index in [4.69, 9.17) is 20.3 Å². The maximum atomic E-state index is 10.9. The Morgan fingerprint density at radius 2 is 1.85 bits per heavy atom. The van der Waals surface area contributed by atoms with Crippen molar-refractivity contribution in [1.29, 1.82) is 0 Å². The van der Waals surface area contributed by atoms with E-state index in [-0.39, 0.29) is 5.56 Å². The predicted molar refractivity (Wildman–Crippen MR) is 76.8 cm³/mol. The Balaban J connectivity index is 2.73. The maximum absolute atomic E-state index is 10.9. The van der Waals surface area contributed by atoms with Crippen molar-refractivity contribution in [3.63, 3.8) is 0 Å². The zero-order chi connectivity index (χ0) is 15.0. The number of methoxy groups -OCH3 is 2. The Morgan fingerprint density at radius 1 is 1.25 bits per heavy atom. The predicted octanol–water partition coefficient (Wildman–Crippen LogP) is 1.06. The molecule has 112 valence electrons. The summed E-state index contributed by atoms with van der Waals surface area (Å²) in [5.41, 5.74) is 7.51. The van der Waals surface area contributed by atoms with Crippen molar-refractivity contribution in [2.75, 3.05) is 46.3 Å². The number of hydrogen-bond donors (Lipinski definition) is 2. The van der Waals surface area contributed by atoms with Gasteiger partial charge in [-0.2, -0.15) is 0 Å². The van der Waals surface area contributed by atoms with Crippen molar-refractivity contribution in [3.05, 3.63) is 29.3 Å². The number of nitrogens with two attached hydrogens (primary N) is 1. The Labute approximate surface area is 119 Å². The van der Waals surface area contributed by atoms with E-state index < -0.39 is 5.97 Å². The molecule has 1 rings (SSSR count). The highest BCUT2D eigenvalue weighted by Crippen LogP contribution is 2.16. The zero-order valence-corrected chi connectivity index (χ0v) is 12.0. The molecule has 0 heterocycles. The lowest BCUT2D eigenvalue weighted by Gasteiger charge is -2.22. The summed E-state index contributed by atoms with van der Waals surface area (Å²) in [4.78, 5) is 13.0. The summed E-state index contributed by atoms with van der Waals surface area (Å²) in [6.07, 6.45) is 0. The van der Waals surface area contributed by atoms with Gasteiger partial charge in [0.25, 0.3) is 0 Å². The monoisotopic (exact) mass is 282 g/mol. The number of anilines is 1. The van der Waals surface area contributed by atoms with Gasteiger partial charge in [0.15, 0.2) is 0 Å². The normalized spacial score (nSPS) is 10.9. The van der Waals surface area contributed by atoms with Gasteiger partial charge in [0.1, 0.15) is 0 Å². The fourth-order valence-corrected chi connectivity index (χ4v) is 1.82. The number of rotatable bonds is 9. The number of carboxylic acids is 1.